The number of aromatic nitrogens is 3. The minimum absolute atomic E-state index is 0.325. The summed E-state index contributed by atoms with van der Waals surface area (Å²) in [5.74, 6) is 0.508. The standard InChI is InChI=1S/C14H17N5OS/c20-13(16-11-7-4-8-15-9-11)17-14-19-18-12(21-14)10-5-2-1-3-6-10/h4,7-10H,1-3,5-6H2,(H2,16,17,19,20). The summed E-state index contributed by atoms with van der Waals surface area (Å²) in [6.45, 7) is 0. The number of nitrogens with one attached hydrogen (secondary N) is 2. The largest absolute Gasteiger partial charge is 0.325 e. The Kier molecular flexibility index (Phi) is 4.40. The number of rotatable bonds is 3. The van der Waals surface area contributed by atoms with Gasteiger partial charge in [-0.15, -0.1) is 10.2 Å². The molecule has 2 aromatic heterocycles. The van der Waals surface area contributed by atoms with Gasteiger partial charge in [-0.05, 0) is 25.0 Å². The maximum absolute atomic E-state index is 11.9. The SMILES string of the molecule is O=C(Nc1cccnc1)Nc1nnc(C2CCCCC2)s1. The normalized spacial score (nSPS) is 15.6. The van der Waals surface area contributed by atoms with Crippen molar-refractivity contribution in [3.63, 3.8) is 0 Å². The summed E-state index contributed by atoms with van der Waals surface area (Å²) in [5, 5.41) is 15.3. The van der Waals surface area contributed by atoms with E-state index in [0.717, 1.165) is 5.01 Å². The zero-order valence-corrected chi connectivity index (χ0v) is 12.4. The monoisotopic (exact) mass is 303 g/mol. The number of carbonyl (C=O) groups excluding carboxylic acids is 1. The quantitative estimate of drug-likeness (QED) is 0.907. The molecule has 1 fully saturated rings. The van der Waals surface area contributed by atoms with Crippen LogP contribution in [0.1, 0.15) is 43.0 Å². The summed E-state index contributed by atoms with van der Waals surface area (Å²) in [6, 6.07) is 3.22. The lowest BCUT2D eigenvalue weighted by Gasteiger charge is -2.18. The van der Waals surface area contributed by atoms with E-state index in [9.17, 15) is 4.79 Å². The van der Waals surface area contributed by atoms with Gasteiger partial charge in [0.1, 0.15) is 5.01 Å². The van der Waals surface area contributed by atoms with Gasteiger partial charge in [-0.3, -0.25) is 10.3 Å². The first-order valence-electron chi connectivity index (χ1n) is 7.13. The molecule has 110 valence electrons. The molecule has 7 heteroatoms. The van der Waals surface area contributed by atoms with Gasteiger partial charge in [-0.25, -0.2) is 4.79 Å². The highest BCUT2D eigenvalue weighted by molar-refractivity contribution is 7.15. The van der Waals surface area contributed by atoms with E-state index in [1.54, 1.807) is 24.5 Å². The second-order valence-electron chi connectivity index (χ2n) is 5.10. The van der Waals surface area contributed by atoms with Crippen molar-refractivity contribution < 1.29 is 4.79 Å². The van der Waals surface area contributed by atoms with E-state index in [4.69, 9.17) is 0 Å². The Bertz CT molecular complexity index is 594. The molecule has 0 aromatic carbocycles. The number of hydrogen-bond donors (Lipinski definition) is 2. The third-order valence-electron chi connectivity index (χ3n) is 3.53. The molecule has 2 heterocycles. The Morgan fingerprint density at radius 2 is 2.05 bits per heavy atom. The maximum Gasteiger partial charge on any atom is 0.325 e. The number of carbonyl (C=O) groups is 1. The fourth-order valence-corrected chi connectivity index (χ4v) is 3.40. The fourth-order valence-electron chi connectivity index (χ4n) is 2.50. The topological polar surface area (TPSA) is 79.8 Å². The van der Waals surface area contributed by atoms with Crippen molar-refractivity contribution in [1.82, 2.24) is 15.2 Å². The average molecular weight is 303 g/mol. The molecule has 2 aromatic rings. The smallest absolute Gasteiger partial charge is 0.306 e. The van der Waals surface area contributed by atoms with Crippen molar-refractivity contribution in [2.24, 2.45) is 0 Å². The molecule has 1 aliphatic carbocycles. The Morgan fingerprint density at radius 1 is 1.19 bits per heavy atom. The van der Waals surface area contributed by atoms with Gasteiger partial charge in [0, 0.05) is 12.1 Å². The molecule has 21 heavy (non-hydrogen) atoms. The first-order chi connectivity index (χ1) is 10.3. The molecule has 0 spiro atoms. The van der Waals surface area contributed by atoms with Gasteiger partial charge in [0.2, 0.25) is 5.13 Å². The lowest BCUT2D eigenvalue weighted by Crippen LogP contribution is -2.19. The van der Waals surface area contributed by atoms with Crippen LogP contribution in [0.25, 0.3) is 0 Å². The van der Waals surface area contributed by atoms with E-state index in [1.807, 2.05) is 0 Å². The van der Waals surface area contributed by atoms with Crippen molar-refractivity contribution in [3.8, 4) is 0 Å². The van der Waals surface area contributed by atoms with Gasteiger partial charge in [0.25, 0.3) is 0 Å². The minimum atomic E-state index is -0.325. The molecule has 0 aliphatic heterocycles. The van der Waals surface area contributed by atoms with Crippen LogP contribution in [0.15, 0.2) is 24.5 Å². The molecule has 2 N–H and O–H groups in total. The Balaban J connectivity index is 1.57. The average Bonchev–Trinajstić information content (AvgIpc) is 2.97. The molecule has 0 radical (unpaired) electrons. The minimum Gasteiger partial charge on any atom is -0.306 e. The predicted octanol–water partition coefficient (Wildman–Crippen LogP) is 3.62. The zero-order chi connectivity index (χ0) is 14.5. The highest BCUT2D eigenvalue weighted by Crippen LogP contribution is 2.35. The van der Waals surface area contributed by atoms with E-state index in [2.05, 4.69) is 25.8 Å². The number of pyridine rings is 1. The molecule has 6 nitrogen and oxygen atoms in total. The number of nitrogens with zero attached hydrogens (tertiary/aromatic N) is 3. The van der Waals surface area contributed by atoms with Crippen LogP contribution in [0.5, 0.6) is 0 Å². The van der Waals surface area contributed by atoms with E-state index >= 15 is 0 Å². The van der Waals surface area contributed by atoms with Gasteiger partial charge in [-0.1, -0.05) is 30.6 Å². The fraction of sp³-hybridized carbons (Fsp3) is 0.429. The molecular formula is C14H17N5OS. The Morgan fingerprint density at radius 3 is 2.81 bits per heavy atom. The molecule has 0 saturated heterocycles. The van der Waals surface area contributed by atoms with Crippen molar-refractivity contribution in [2.75, 3.05) is 10.6 Å². The number of amides is 2. The highest BCUT2D eigenvalue weighted by Gasteiger charge is 2.20. The van der Waals surface area contributed by atoms with Crippen LogP contribution >= 0.6 is 11.3 Å². The third kappa shape index (κ3) is 3.75. The number of anilines is 2. The van der Waals surface area contributed by atoms with Crippen LogP contribution in [-0.4, -0.2) is 21.2 Å². The van der Waals surface area contributed by atoms with Crippen LogP contribution in [-0.2, 0) is 0 Å². The maximum atomic E-state index is 11.9. The Labute approximate surface area is 127 Å². The summed E-state index contributed by atoms with van der Waals surface area (Å²) >= 11 is 1.47. The van der Waals surface area contributed by atoms with E-state index < -0.39 is 0 Å². The molecule has 1 saturated carbocycles. The van der Waals surface area contributed by atoms with E-state index in [0.29, 0.717) is 16.7 Å². The van der Waals surface area contributed by atoms with Crippen LogP contribution < -0.4 is 10.6 Å². The van der Waals surface area contributed by atoms with Crippen molar-refractivity contribution in [2.45, 2.75) is 38.0 Å². The number of hydrogen-bond acceptors (Lipinski definition) is 5. The van der Waals surface area contributed by atoms with Crippen LogP contribution in [0.3, 0.4) is 0 Å². The van der Waals surface area contributed by atoms with Gasteiger partial charge < -0.3 is 5.32 Å². The lowest BCUT2D eigenvalue weighted by molar-refractivity contribution is 0.262. The van der Waals surface area contributed by atoms with Crippen LogP contribution in [0.4, 0.5) is 15.6 Å². The lowest BCUT2D eigenvalue weighted by atomic mass is 9.90. The molecule has 0 atom stereocenters. The van der Waals surface area contributed by atoms with Crippen LogP contribution in [0.2, 0.25) is 0 Å². The van der Waals surface area contributed by atoms with Gasteiger partial charge in [0.15, 0.2) is 0 Å². The molecule has 0 bridgehead atoms. The second kappa shape index (κ2) is 6.62. The van der Waals surface area contributed by atoms with Gasteiger partial charge in [-0.2, -0.15) is 0 Å². The number of urea groups is 1. The van der Waals surface area contributed by atoms with Crippen LogP contribution in [0, 0.1) is 0 Å². The highest BCUT2D eigenvalue weighted by atomic mass is 32.1. The van der Waals surface area contributed by atoms with Crippen molar-refractivity contribution >= 4 is 28.2 Å². The van der Waals surface area contributed by atoms with E-state index in [1.165, 1.54) is 43.4 Å². The summed E-state index contributed by atoms with van der Waals surface area (Å²) < 4.78 is 0. The van der Waals surface area contributed by atoms with E-state index in [-0.39, 0.29) is 6.03 Å². The summed E-state index contributed by atoms with van der Waals surface area (Å²) in [6.07, 6.45) is 9.43. The van der Waals surface area contributed by atoms with Gasteiger partial charge in [0.05, 0.1) is 11.9 Å². The zero-order valence-electron chi connectivity index (χ0n) is 11.6. The predicted molar refractivity (Wildman–Crippen MR) is 82.6 cm³/mol. The van der Waals surface area contributed by atoms with Crippen molar-refractivity contribution in [1.29, 1.82) is 0 Å². The molecular weight excluding hydrogens is 286 g/mol. The Hall–Kier alpha value is -2.02. The summed E-state index contributed by atoms with van der Waals surface area (Å²) in [4.78, 5) is 15.8. The van der Waals surface area contributed by atoms with Crippen molar-refractivity contribution in [3.05, 3.63) is 29.5 Å². The third-order valence-corrected chi connectivity index (χ3v) is 4.54. The second-order valence-corrected chi connectivity index (χ2v) is 6.11. The first-order valence-corrected chi connectivity index (χ1v) is 7.94. The molecule has 1 aliphatic rings. The summed E-state index contributed by atoms with van der Waals surface area (Å²) in [7, 11) is 0. The summed E-state index contributed by atoms with van der Waals surface area (Å²) in [5.41, 5.74) is 0.645. The molecule has 3 rings (SSSR count). The molecule has 0 unspecified atom stereocenters. The first kappa shape index (κ1) is 13.9. The molecule has 2 amide bonds. The van der Waals surface area contributed by atoms with Gasteiger partial charge >= 0.3 is 6.03 Å².